The lowest BCUT2D eigenvalue weighted by atomic mass is 10.1. The van der Waals surface area contributed by atoms with E-state index < -0.39 is 0 Å². The van der Waals surface area contributed by atoms with Gasteiger partial charge in [0, 0.05) is 31.0 Å². The molecule has 0 aliphatic heterocycles. The molecule has 0 heterocycles. The number of thioether (sulfide) groups is 1. The number of carbonyl (C=O) groups is 1. The largest absolute Gasteiger partial charge is 0.399 e. The van der Waals surface area contributed by atoms with Crippen molar-refractivity contribution in [2.24, 2.45) is 5.92 Å². The van der Waals surface area contributed by atoms with E-state index in [9.17, 15) is 4.79 Å². The van der Waals surface area contributed by atoms with Gasteiger partial charge in [-0.15, -0.1) is 0 Å². The summed E-state index contributed by atoms with van der Waals surface area (Å²) in [6.07, 6.45) is 2.02. The van der Waals surface area contributed by atoms with Gasteiger partial charge in [-0.25, -0.2) is 0 Å². The first-order chi connectivity index (χ1) is 8.04. The Morgan fingerprint density at radius 2 is 2.00 bits per heavy atom. The zero-order valence-electron chi connectivity index (χ0n) is 10.6. The quantitative estimate of drug-likeness (QED) is 0.817. The highest BCUT2D eigenvalue weighted by atomic mass is 32.2. The minimum absolute atomic E-state index is 0.0729. The monoisotopic (exact) mass is 252 g/mol. The lowest BCUT2D eigenvalue weighted by molar-refractivity contribution is -0.133. The molecule has 3 nitrogen and oxygen atoms in total. The van der Waals surface area contributed by atoms with Crippen LogP contribution in [0.5, 0.6) is 0 Å². The fourth-order valence-corrected chi connectivity index (χ4v) is 2.31. The fourth-order valence-electron chi connectivity index (χ4n) is 1.67. The lowest BCUT2D eigenvalue weighted by Gasteiger charge is -2.21. The molecule has 0 fully saturated rings. The van der Waals surface area contributed by atoms with Crippen molar-refractivity contribution >= 4 is 23.4 Å². The average Bonchev–Trinajstić information content (AvgIpc) is 2.31. The van der Waals surface area contributed by atoms with Crippen molar-refractivity contribution in [2.75, 3.05) is 24.8 Å². The summed E-state index contributed by atoms with van der Waals surface area (Å²) in [4.78, 5) is 13.8. The van der Waals surface area contributed by atoms with E-state index in [0.29, 0.717) is 6.54 Å². The van der Waals surface area contributed by atoms with Crippen molar-refractivity contribution in [3.05, 3.63) is 29.8 Å². The van der Waals surface area contributed by atoms with Crippen molar-refractivity contribution in [2.45, 2.75) is 13.5 Å². The lowest BCUT2D eigenvalue weighted by Crippen LogP contribution is -2.32. The van der Waals surface area contributed by atoms with E-state index in [0.717, 1.165) is 17.0 Å². The number of hydrogen-bond donors (Lipinski definition) is 1. The molecule has 17 heavy (non-hydrogen) atoms. The molecule has 0 bridgehead atoms. The summed E-state index contributed by atoms with van der Waals surface area (Å²) in [5.74, 6) is 1.13. The van der Waals surface area contributed by atoms with Crippen LogP contribution in [0.3, 0.4) is 0 Å². The van der Waals surface area contributed by atoms with E-state index >= 15 is 0 Å². The molecular weight excluding hydrogens is 232 g/mol. The van der Waals surface area contributed by atoms with Crippen molar-refractivity contribution in [1.29, 1.82) is 0 Å². The highest BCUT2D eigenvalue weighted by molar-refractivity contribution is 7.98. The molecule has 0 radical (unpaired) electrons. The first-order valence-corrected chi connectivity index (χ1v) is 7.02. The summed E-state index contributed by atoms with van der Waals surface area (Å²) in [6, 6.07) is 7.63. The molecule has 0 saturated carbocycles. The topological polar surface area (TPSA) is 46.3 Å². The Balaban J connectivity index is 2.56. The molecule has 0 aliphatic carbocycles. The van der Waals surface area contributed by atoms with Crippen LogP contribution in [-0.4, -0.2) is 29.9 Å². The Labute approximate surface area is 107 Å². The van der Waals surface area contributed by atoms with Crippen LogP contribution in [0.4, 0.5) is 5.69 Å². The Bertz CT molecular complexity index is 364. The van der Waals surface area contributed by atoms with Gasteiger partial charge < -0.3 is 10.6 Å². The minimum atomic E-state index is 0.0729. The van der Waals surface area contributed by atoms with Crippen LogP contribution < -0.4 is 5.73 Å². The van der Waals surface area contributed by atoms with Gasteiger partial charge in [-0.2, -0.15) is 11.8 Å². The van der Waals surface area contributed by atoms with Crippen LogP contribution in [0.25, 0.3) is 0 Å². The maximum Gasteiger partial charge on any atom is 0.226 e. The Morgan fingerprint density at radius 3 is 2.53 bits per heavy atom. The average molecular weight is 252 g/mol. The Hall–Kier alpha value is -1.16. The van der Waals surface area contributed by atoms with Crippen LogP contribution in [0.2, 0.25) is 0 Å². The van der Waals surface area contributed by atoms with Crippen molar-refractivity contribution < 1.29 is 4.79 Å². The second-order valence-electron chi connectivity index (χ2n) is 4.29. The third kappa shape index (κ3) is 4.30. The number of nitrogens with two attached hydrogens (primary N) is 1. The summed E-state index contributed by atoms with van der Waals surface area (Å²) >= 11 is 1.70. The SMILES string of the molecule is CSCC(C)C(=O)N(C)Cc1ccc(N)cc1. The maximum atomic E-state index is 12.0. The standard InChI is InChI=1S/C13H20N2OS/c1-10(9-17-3)13(16)15(2)8-11-4-6-12(14)7-5-11/h4-7,10H,8-9,14H2,1-3H3. The van der Waals surface area contributed by atoms with Gasteiger partial charge in [0.15, 0.2) is 0 Å². The number of hydrogen-bond acceptors (Lipinski definition) is 3. The number of nitrogens with zero attached hydrogens (tertiary/aromatic N) is 1. The zero-order valence-corrected chi connectivity index (χ0v) is 11.5. The van der Waals surface area contributed by atoms with Gasteiger partial charge in [0.05, 0.1) is 0 Å². The van der Waals surface area contributed by atoms with Gasteiger partial charge in [0.1, 0.15) is 0 Å². The minimum Gasteiger partial charge on any atom is -0.399 e. The molecule has 0 saturated heterocycles. The van der Waals surface area contributed by atoms with Crippen LogP contribution >= 0.6 is 11.8 Å². The van der Waals surface area contributed by atoms with Crippen LogP contribution in [0, 0.1) is 5.92 Å². The van der Waals surface area contributed by atoms with Gasteiger partial charge in [-0.3, -0.25) is 4.79 Å². The summed E-state index contributed by atoms with van der Waals surface area (Å²) in [7, 11) is 1.84. The normalized spacial score (nSPS) is 12.2. The van der Waals surface area contributed by atoms with E-state index in [-0.39, 0.29) is 11.8 Å². The smallest absolute Gasteiger partial charge is 0.226 e. The summed E-state index contributed by atoms with van der Waals surface area (Å²) in [5, 5.41) is 0. The summed E-state index contributed by atoms with van der Waals surface area (Å²) in [5.41, 5.74) is 7.47. The molecule has 1 amide bonds. The second kappa shape index (κ2) is 6.55. The van der Waals surface area contributed by atoms with E-state index in [1.54, 1.807) is 16.7 Å². The number of nitrogen functional groups attached to an aromatic ring is 1. The molecule has 1 atom stereocenters. The van der Waals surface area contributed by atoms with Gasteiger partial charge in [0.2, 0.25) is 5.91 Å². The molecule has 0 aliphatic rings. The molecule has 0 aromatic heterocycles. The van der Waals surface area contributed by atoms with E-state index in [2.05, 4.69) is 0 Å². The number of amides is 1. The first kappa shape index (κ1) is 13.9. The molecule has 1 rings (SSSR count). The molecular formula is C13H20N2OS. The van der Waals surface area contributed by atoms with Crippen LogP contribution in [-0.2, 0) is 11.3 Å². The molecule has 1 unspecified atom stereocenters. The van der Waals surface area contributed by atoms with E-state index in [4.69, 9.17) is 5.73 Å². The molecule has 2 N–H and O–H groups in total. The third-order valence-corrected chi connectivity index (χ3v) is 3.45. The van der Waals surface area contributed by atoms with Gasteiger partial charge in [-0.05, 0) is 24.0 Å². The molecule has 1 aromatic rings. The third-order valence-electron chi connectivity index (χ3n) is 2.61. The fraction of sp³-hybridized carbons (Fsp3) is 0.462. The Morgan fingerprint density at radius 1 is 1.41 bits per heavy atom. The second-order valence-corrected chi connectivity index (χ2v) is 5.20. The zero-order chi connectivity index (χ0) is 12.8. The number of benzene rings is 1. The highest BCUT2D eigenvalue weighted by Gasteiger charge is 2.16. The summed E-state index contributed by atoms with van der Waals surface area (Å²) in [6.45, 7) is 2.61. The van der Waals surface area contributed by atoms with Gasteiger partial charge in [-0.1, -0.05) is 19.1 Å². The highest BCUT2D eigenvalue weighted by Crippen LogP contribution is 2.12. The molecule has 94 valence electrons. The predicted octanol–water partition coefficient (Wildman–Crippen LogP) is 2.23. The molecule has 4 heteroatoms. The van der Waals surface area contributed by atoms with E-state index in [1.807, 2.05) is 44.5 Å². The molecule has 0 spiro atoms. The van der Waals surface area contributed by atoms with Crippen LogP contribution in [0.1, 0.15) is 12.5 Å². The van der Waals surface area contributed by atoms with Gasteiger partial charge in [0.25, 0.3) is 0 Å². The van der Waals surface area contributed by atoms with Crippen LogP contribution in [0.15, 0.2) is 24.3 Å². The summed E-state index contributed by atoms with van der Waals surface area (Å²) < 4.78 is 0. The van der Waals surface area contributed by atoms with Gasteiger partial charge >= 0.3 is 0 Å². The van der Waals surface area contributed by atoms with Crippen molar-refractivity contribution in [1.82, 2.24) is 4.90 Å². The predicted molar refractivity (Wildman–Crippen MR) is 74.9 cm³/mol. The van der Waals surface area contributed by atoms with Crippen molar-refractivity contribution in [3.63, 3.8) is 0 Å². The number of carbonyl (C=O) groups excluding carboxylic acids is 1. The molecule has 1 aromatic carbocycles. The maximum absolute atomic E-state index is 12.0. The van der Waals surface area contributed by atoms with E-state index in [1.165, 1.54) is 0 Å². The first-order valence-electron chi connectivity index (χ1n) is 5.63. The Kier molecular flexibility index (Phi) is 5.35. The number of anilines is 1. The van der Waals surface area contributed by atoms with Crippen molar-refractivity contribution in [3.8, 4) is 0 Å². The number of rotatable bonds is 5.